The zero-order valence-corrected chi connectivity index (χ0v) is 8.20. The van der Waals surface area contributed by atoms with E-state index in [0.717, 1.165) is 11.8 Å². The molecule has 3 nitrogen and oxygen atoms in total. The maximum Gasteiger partial charge on any atom is 0.165 e. The lowest BCUT2D eigenvalue weighted by molar-refractivity contribution is -0.116. The Bertz CT molecular complexity index is 325. The van der Waals surface area contributed by atoms with Crippen molar-refractivity contribution in [1.82, 2.24) is 5.32 Å². The average molecular weight is 212 g/mol. The van der Waals surface area contributed by atoms with Gasteiger partial charge in [-0.3, -0.25) is 10.1 Å². The van der Waals surface area contributed by atoms with Crippen molar-refractivity contribution in [2.45, 2.75) is 12.3 Å². The monoisotopic (exact) mass is 211 g/mol. The molecule has 1 unspecified atom stereocenters. The molecule has 1 aromatic carbocycles. The Morgan fingerprint density at radius 3 is 2.71 bits per heavy atom. The standard InChI is InChI=1S/C10H10ClNO2/c11-8-3-1-7(2-4-8)9-6-14-10(5-13)12-9/h1-5,9-10,12H,6H2/t9-,10?/m1/s1. The van der Waals surface area contributed by atoms with Crippen LogP contribution in [-0.2, 0) is 9.53 Å². The van der Waals surface area contributed by atoms with Crippen LogP contribution >= 0.6 is 11.6 Å². The number of carbonyl (C=O) groups is 1. The molecule has 1 heterocycles. The summed E-state index contributed by atoms with van der Waals surface area (Å²) in [5.41, 5.74) is 1.08. The molecule has 4 heteroatoms. The van der Waals surface area contributed by atoms with Crippen LogP contribution in [0.1, 0.15) is 11.6 Å². The molecule has 1 aromatic rings. The van der Waals surface area contributed by atoms with Crippen molar-refractivity contribution in [2.24, 2.45) is 0 Å². The minimum atomic E-state index is -0.476. The topological polar surface area (TPSA) is 38.3 Å². The summed E-state index contributed by atoms with van der Waals surface area (Å²) in [7, 11) is 0. The molecule has 2 rings (SSSR count). The highest BCUT2D eigenvalue weighted by Crippen LogP contribution is 2.20. The van der Waals surface area contributed by atoms with Crippen molar-refractivity contribution in [3.63, 3.8) is 0 Å². The number of rotatable bonds is 2. The maximum absolute atomic E-state index is 10.4. The summed E-state index contributed by atoms with van der Waals surface area (Å²) in [6.45, 7) is 0.519. The fraction of sp³-hybridized carbons (Fsp3) is 0.300. The van der Waals surface area contributed by atoms with Gasteiger partial charge in [0.15, 0.2) is 12.5 Å². The molecule has 1 fully saturated rings. The first-order valence-electron chi connectivity index (χ1n) is 4.38. The van der Waals surface area contributed by atoms with Crippen LogP contribution < -0.4 is 5.32 Å². The average Bonchev–Trinajstić information content (AvgIpc) is 2.67. The molecule has 0 saturated carbocycles. The second kappa shape index (κ2) is 4.09. The van der Waals surface area contributed by atoms with Gasteiger partial charge in [-0.05, 0) is 17.7 Å². The molecule has 14 heavy (non-hydrogen) atoms. The third-order valence-corrected chi connectivity index (χ3v) is 2.46. The zero-order valence-electron chi connectivity index (χ0n) is 7.44. The fourth-order valence-corrected chi connectivity index (χ4v) is 1.59. The van der Waals surface area contributed by atoms with Crippen LogP contribution in [-0.4, -0.2) is 19.1 Å². The molecule has 1 aliphatic rings. The Morgan fingerprint density at radius 2 is 2.14 bits per heavy atom. The number of nitrogens with one attached hydrogen (secondary N) is 1. The van der Waals surface area contributed by atoms with Crippen LogP contribution in [0.25, 0.3) is 0 Å². The number of halogens is 1. The number of ether oxygens (including phenoxy) is 1. The normalized spacial score (nSPS) is 26.4. The lowest BCUT2D eigenvalue weighted by Crippen LogP contribution is -2.26. The first-order valence-corrected chi connectivity index (χ1v) is 4.76. The first kappa shape index (κ1) is 9.65. The van der Waals surface area contributed by atoms with E-state index in [2.05, 4.69) is 5.32 Å². The van der Waals surface area contributed by atoms with Crippen molar-refractivity contribution in [3.05, 3.63) is 34.9 Å². The molecule has 74 valence electrons. The molecule has 1 aliphatic heterocycles. The van der Waals surface area contributed by atoms with Crippen molar-refractivity contribution in [1.29, 1.82) is 0 Å². The Morgan fingerprint density at radius 1 is 1.43 bits per heavy atom. The van der Waals surface area contributed by atoms with Gasteiger partial charge in [0.1, 0.15) is 0 Å². The second-order valence-corrected chi connectivity index (χ2v) is 3.60. The predicted molar refractivity (Wildman–Crippen MR) is 53.1 cm³/mol. The Hall–Kier alpha value is -0.900. The number of benzene rings is 1. The van der Waals surface area contributed by atoms with Crippen LogP contribution in [0.4, 0.5) is 0 Å². The number of hydrogen-bond acceptors (Lipinski definition) is 3. The van der Waals surface area contributed by atoms with Gasteiger partial charge in [0.2, 0.25) is 0 Å². The Balaban J connectivity index is 2.09. The molecular formula is C10H10ClNO2. The van der Waals surface area contributed by atoms with Gasteiger partial charge in [-0.1, -0.05) is 23.7 Å². The smallest absolute Gasteiger partial charge is 0.165 e. The van der Waals surface area contributed by atoms with Crippen LogP contribution in [0.15, 0.2) is 24.3 Å². The third-order valence-electron chi connectivity index (χ3n) is 2.20. The molecule has 0 aliphatic carbocycles. The summed E-state index contributed by atoms with van der Waals surface area (Å²) in [5.74, 6) is 0. The van der Waals surface area contributed by atoms with Gasteiger partial charge in [-0.25, -0.2) is 0 Å². The van der Waals surface area contributed by atoms with Gasteiger partial charge in [0, 0.05) is 5.02 Å². The molecular weight excluding hydrogens is 202 g/mol. The van der Waals surface area contributed by atoms with Gasteiger partial charge in [-0.2, -0.15) is 0 Å². The van der Waals surface area contributed by atoms with Gasteiger partial charge >= 0.3 is 0 Å². The lowest BCUT2D eigenvalue weighted by Gasteiger charge is -2.08. The zero-order chi connectivity index (χ0) is 9.97. The minimum absolute atomic E-state index is 0.0856. The van der Waals surface area contributed by atoms with E-state index in [1.807, 2.05) is 24.3 Å². The molecule has 2 atom stereocenters. The highest BCUT2D eigenvalue weighted by molar-refractivity contribution is 6.30. The Kier molecular flexibility index (Phi) is 2.82. The molecule has 1 N–H and O–H groups in total. The van der Waals surface area contributed by atoms with Crippen LogP contribution in [0.3, 0.4) is 0 Å². The third kappa shape index (κ3) is 1.95. The van der Waals surface area contributed by atoms with E-state index in [1.54, 1.807) is 0 Å². The number of carbonyl (C=O) groups excluding carboxylic acids is 1. The first-order chi connectivity index (χ1) is 6.79. The van der Waals surface area contributed by atoms with Gasteiger partial charge in [0.25, 0.3) is 0 Å². The lowest BCUT2D eigenvalue weighted by atomic mass is 10.1. The molecule has 1 saturated heterocycles. The van der Waals surface area contributed by atoms with E-state index in [-0.39, 0.29) is 6.04 Å². The quantitative estimate of drug-likeness (QED) is 0.754. The van der Waals surface area contributed by atoms with Crippen molar-refractivity contribution in [3.8, 4) is 0 Å². The summed E-state index contributed by atoms with van der Waals surface area (Å²) in [6, 6.07) is 7.59. The minimum Gasteiger partial charge on any atom is -0.354 e. The highest BCUT2D eigenvalue weighted by atomic mass is 35.5. The summed E-state index contributed by atoms with van der Waals surface area (Å²) in [4.78, 5) is 10.4. The molecule has 0 bridgehead atoms. The van der Waals surface area contributed by atoms with E-state index in [1.165, 1.54) is 0 Å². The fourth-order valence-electron chi connectivity index (χ4n) is 1.46. The largest absolute Gasteiger partial charge is 0.354 e. The number of aldehydes is 1. The molecule has 0 aromatic heterocycles. The van der Waals surface area contributed by atoms with E-state index >= 15 is 0 Å². The summed E-state index contributed by atoms with van der Waals surface area (Å²) in [6.07, 6.45) is 0.284. The van der Waals surface area contributed by atoms with Gasteiger partial charge in [-0.15, -0.1) is 0 Å². The van der Waals surface area contributed by atoms with Gasteiger partial charge in [0.05, 0.1) is 12.6 Å². The molecule has 0 amide bonds. The van der Waals surface area contributed by atoms with E-state index in [0.29, 0.717) is 11.6 Å². The highest BCUT2D eigenvalue weighted by Gasteiger charge is 2.24. The van der Waals surface area contributed by atoms with E-state index in [9.17, 15) is 4.79 Å². The van der Waals surface area contributed by atoms with Crippen LogP contribution in [0, 0.1) is 0 Å². The van der Waals surface area contributed by atoms with Crippen molar-refractivity contribution in [2.75, 3.05) is 6.61 Å². The van der Waals surface area contributed by atoms with E-state index < -0.39 is 6.23 Å². The second-order valence-electron chi connectivity index (χ2n) is 3.16. The molecule has 0 radical (unpaired) electrons. The van der Waals surface area contributed by atoms with Crippen LogP contribution in [0.5, 0.6) is 0 Å². The predicted octanol–water partition coefficient (Wildman–Crippen LogP) is 1.53. The Labute approximate surface area is 87.0 Å². The molecule has 0 spiro atoms. The van der Waals surface area contributed by atoms with Crippen molar-refractivity contribution < 1.29 is 9.53 Å². The van der Waals surface area contributed by atoms with Crippen molar-refractivity contribution >= 4 is 17.9 Å². The van der Waals surface area contributed by atoms with E-state index in [4.69, 9.17) is 16.3 Å². The van der Waals surface area contributed by atoms with Gasteiger partial charge < -0.3 is 4.74 Å². The maximum atomic E-state index is 10.4. The van der Waals surface area contributed by atoms with Crippen LogP contribution in [0.2, 0.25) is 5.02 Å². The summed E-state index contributed by atoms with van der Waals surface area (Å²) in [5, 5.41) is 3.75. The summed E-state index contributed by atoms with van der Waals surface area (Å²) < 4.78 is 5.19. The summed E-state index contributed by atoms with van der Waals surface area (Å²) >= 11 is 5.77. The SMILES string of the molecule is O=CC1N[C@@H](c2ccc(Cl)cc2)CO1. The number of hydrogen-bond donors (Lipinski definition) is 1.